The van der Waals surface area contributed by atoms with E-state index in [0.29, 0.717) is 0 Å². The van der Waals surface area contributed by atoms with Crippen molar-refractivity contribution in [3.8, 4) is 0 Å². The first-order chi connectivity index (χ1) is 3.43. The average molecular weight is 90.1 g/mol. The molecule has 0 heterocycles. The van der Waals surface area contributed by atoms with Crippen LogP contribution in [0.1, 0.15) is 25.7 Å². The van der Waals surface area contributed by atoms with Crippen molar-refractivity contribution in [2.24, 2.45) is 5.92 Å². The van der Waals surface area contributed by atoms with E-state index < -0.39 is 0 Å². The molecule has 0 aromatic heterocycles. The summed E-state index contributed by atoms with van der Waals surface area (Å²) in [5.41, 5.74) is 0. The van der Waals surface area contributed by atoms with Gasteiger partial charge in [-0.2, -0.15) is 0 Å². The van der Waals surface area contributed by atoms with Gasteiger partial charge in [-0.25, -0.2) is 0 Å². The van der Waals surface area contributed by atoms with Crippen molar-refractivity contribution in [2.75, 3.05) is 0 Å². The molecule has 7 heavy (non-hydrogen) atoms. The Morgan fingerprint density at radius 3 is 2.14 bits per heavy atom. The molecule has 0 spiro atoms. The average Bonchev–Trinajstić information content (AvgIpc) is 2.14. The van der Waals surface area contributed by atoms with Crippen molar-refractivity contribution in [1.29, 1.82) is 0 Å². The molecule has 1 aliphatic rings. The van der Waals surface area contributed by atoms with Gasteiger partial charge in [-0.15, -0.1) is 0 Å². The molecule has 0 aliphatic heterocycles. The molecule has 1 aliphatic carbocycles. The zero-order valence-corrected chi connectivity index (χ0v) is 5.11. The summed E-state index contributed by atoms with van der Waals surface area (Å²) in [7, 11) is 0. The van der Waals surface area contributed by atoms with Crippen molar-refractivity contribution in [3.63, 3.8) is 0 Å². The molecular weight excluding hydrogens is 79.0 g/mol. The maximum absolute atomic E-state index is 2.30. The van der Waals surface area contributed by atoms with Gasteiger partial charge in [-0.05, 0) is 0 Å². The van der Waals surface area contributed by atoms with Gasteiger partial charge >= 0.3 is 54.4 Å². The van der Waals surface area contributed by atoms with Gasteiger partial charge in [0.05, 0.1) is 0 Å². The Morgan fingerprint density at radius 1 is 1.29 bits per heavy atom. The third kappa shape index (κ3) is 1.51. The van der Waals surface area contributed by atoms with E-state index in [0.717, 1.165) is 5.92 Å². The van der Waals surface area contributed by atoms with Gasteiger partial charge in [0, 0.05) is 0 Å². The fourth-order valence-electron chi connectivity index (χ4n) is 1.42. The van der Waals surface area contributed by atoms with Crippen LogP contribution in [-0.4, -0.2) is 17.7 Å². The minimum atomic E-state index is 1.10. The predicted octanol–water partition coefficient (Wildman–Crippen LogP) is 1.76. The summed E-state index contributed by atoms with van der Waals surface area (Å²) < 4.78 is 0. The van der Waals surface area contributed by atoms with Crippen LogP contribution in [0.3, 0.4) is 0 Å². The topological polar surface area (TPSA) is 0 Å². The van der Waals surface area contributed by atoms with Crippen LogP contribution in [-0.2, 0) is 0 Å². The first kappa shape index (κ1) is 5.73. The zero-order valence-electron chi connectivity index (χ0n) is 5.11. The third-order valence-electron chi connectivity index (χ3n) is 2.05. The summed E-state index contributed by atoms with van der Waals surface area (Å²) in [6, 6.07) is 0. The van der Waals surface area contributed by atoms with E-state index in [1.54, 1.807) is 0 Å². The maximum atomic E-state index is 2.30. The molecule has 36 valence electrons. The third-order valence-corrected chi connectivity index (χ3v) is 2.05. The van der Waals surface area contributed by atoms with E-state index in [-0.39, 0.29) is 0 Å². The molecule has 0 aromatic carbocycles. The monoisotopic (exact) mass is 90.1 g/mol. The first-order valence-corrected chi connectivity index (χ1v) is 3.43. The summed E-state index contributed by atoms with van der Waals surface area (Å²) in [6.45, 7) is 0. The first-order valence-electron chi connectivity index (χ1n) is 3.43. The van der Waals surface area contributed by atoms with Crippen molar-refractivity contribution < 1.29 is 0 Å². The normalized spacial score (nSPS) is 23.7. The molecule has 0 bridgehead atoms. The molecule has 1 fully saturated rings. The fraction of sp³-hybridized carbons (Fsp3) is 1.00. The molecule has 0 atom stereocenters. The van der Waals surface area contributed by atoms with Gasteiger partial charge in [0.15, 0.2) is 0 Å². The molecule has 0 unspecified atom stereocenters. The van der Waals surface area contributed by atoms with Gasteiger partial charge < -0.3 is 0 Å². The van der Waals surface area contributed by atoms with E-state index in [4.69, 9.17) is 0 Å². The van der Waals surface area contributed by atoms with Gasteiger partial charge in [0.1, 0.15) is 0 Å². The van der Waals surface area contributed by atoms with Crippen LogP contribution in [0.5, 0.6) is 0 Å². The molecule has 1 heteroatoms. The number of hydrogen-bond donors (Lipinski definition) is 0. The van der Waals surface area contributed by atoms with Gasteiger partial charge in [-0.3, -0.25) is 0 Å². The number of rotatable bonds is 1. The van der Waals surface area contributed by atoms with Gasteiger partial charge in [0.25, 0.3) is 0 Å². The van der Waals surface area contributed by atoms with Crippen molar-refractivity contribution in [3.05, 3.63) is 0 Å². The van der Waals surface area contributed by atoms with Crippen LogP contribution >= 0.6 is 0 Å². The fourth-order valence-corrected chi connectivity index (χ4v) is 1.42. The Morgan fingerprint density at radius 2 is 1.86 bits per heavy atom. The summed E-state index contributed by atoms with van der Waals surface area (Å²) in [5.74, 6) is 1.10. The minimum absolute atomic E-state index is 1.10. The second kappa shape index (κ2) is 2.80. The summed E-state index contributed by atoms with van der Waals surface area (Å²) in [5, 5.41) is 1.42. The summed E-state index contributed by atoms with van der Waals surface area (Å²) >= 11 is 2.30. The quantitative estimate of drug-likeness (QED) is 0.430. The van der Waals surface area contributed by atoms with Crippen LogP contribution in [0.15, 0.2) is 0 Å². The standard InChI is InChI=1S/C6H11.Li/c1-6-4-2-3-5-6;/h6H,1-5H2;. The Bertz CT molecular complexity index is 46.1. The Balaban J connectivity index is 2.14. The Labute approximate surface area is 54.9 Å². The van der Waals surface area contributed by atoms with Crippen LogP contribution < -0.4 is 0 Å². The molecule has 0 saturated heterocycles. The molecule has 0 nitrogen and oxygen atoms in total. The van der Waals surface area contributed by atoms with E-state index in [1.165, 1.54) is 30.8 Å². The molecule has 0 N–H and O–H groups in total. The van der Waals surface area contributed by atoms with Crippen molar-refractivity contribution in [1.82, 2.24) is 0 Å². The van der Waals surface area contributed by atoms with E-state index >= 15 is 0 Å². The Kier molecular flexibility index (Phi) is 2.29. The van der Waals surface area contributed by atoms with E-state index in [1.807, 2.05) is 0 Å². The second-order valence-corrected chi connectivity index (χ2v) is 2.56. The van der Waals surface area contributed by atoms with Crippen LogP contribution in [0.25, 0.3) is 0 Å². The van der Waals surface area contributed by atoms with E-state index in [2.05, 4.69) is 17.7 Å². The summed E-state index contributed by atoms with van der Waals surface area (Å²) in [6.07, 6.45) is 6.02. The van der Waals surface area contributed by atoms with Crippen LogP contribution in [0, 0.1) is 5.92 Å². The molecular formula is C6H11Li. The molecule has 1 rings (SSSR count). The van der Waals surface area contributed by atoms with Gasteiger partial charge in [0.2, 0.25) is 0 Å². The van der Waals surface area contributed by atoms with Crippen LogP contribution in [0.4, 0.5) is 0 Å². The molecule has 0 radical (unpaired) electrons. The van der Waals surface area contributed by atoms with Crippen molar-refractivity contribution in [2.45, 2.75) is 30.8 Å². The predicted molar refractivity (Wildman–Crippen MR) is 32.5 cm³/mol. The second-order valence-electron chi connectivity index (χ2n) is 2.56. The molecule has 0 aromatic rings. The molecule has 0 amide bonds. The Hall–Kier alpha value is 0.597. The summed E-state index contributed by atoms with van der Waals surface area (Å²) in [4.78, 5) is 0. The zero-order chi connectivity index (χ0) is 5.11. The van der Waals surface area contributed by atoms with Gasteiger partial charge in [-0.1, -0.05) is 0 Å². The SMILES string of the molecule is [Li][CH2]C1CCCC1. The van der Waals surface area contributed by atoms with E-state index in [9.17, 15) is 0 Å². The van der Waals surface area contributed by atoms with Crippen LogP contribution in [0.2, 0.25) is 5.09 Å². The van der Waals surface area contributed by atoms with Crippen molar-refractivity contribution >= 4 is 17.7 Å². The molecule has 1 saturated carbocycles. The number of hydrogen-bond acceptors (Lipinski definition) is 0.